The highest BCUT2D eigenvalue weighted by Gasteiger charge is 2.08. The Balaban J connectivity index is 1.99. The lowest BCUT2D eigenvalue weighted by atomic mass is 10.2. The molecule has 0 aliphatic carbocycles. The molecule has 114 valence electrons. The van der Waals surface area contributed by atoms with Crippen molar-refractivity contribution in [2.45, 2.75) is 6.42 Å². The molecule has 1 aromatic carbocycles. The van der Waals surface area contributed by atoms with E-state index < -0.39 is 17.2 Å². The van der Waals surface area contributed by atoms with Crippen LogP contribution in [0.25, 0.3) is 0 Å². The number of amides is 1. The second-order valence-electron chi connectivity index (χ2n) is 4.09. The van der Waals surface area contributed by atoms with Crippen molar-refractivity contribution in [2.24, 2.45) is 5.10 Å². The normalized spacial score (nSPS) is 10.8. The zero-order valence-electron chi connectivity index (χ0n) is 10.9. The maximum absolute atomic E-state index is 11.6. The fourth-order valence-electron chi connectivity index (χ4n) is 1.46. The van der Waals surface area contributed by atoms with Crippen LogP contribution in [0.3, 0.4) is 0 Å². The molecule has 0 unspecified atom stereocenters. The molecule has 0 bridgehead atoms. The average Bonchev–Trinajstić information content (AvgIpc) is 2.44. The lowest BCUT2D eigenvalue weighted by Gasteiger charge is -2.00. The zero-order valence-corrected chi connectivity index (χ0v) is 12.4. The van der Waals surface area contributed by atoms with Gasteiger partial charge in [0.1, 0.15) is 5.69 Å². The van der Waals surface area contributed by atoms with Crippen LogP contribution in [0.15, 0.2) is 32.9 Å². The van der Waals surface area contributed by atoms with E-state index in [1.54, 1.807) is 12.1 Å². The second-order valence-corrected chi connectivity index (χ2v) is 4.93. The molecule has 0 aliphatic rings. The van der Waals surface area contributed by atoms with Crippen LogP contribution < -0.4 is 16.7 Å². The van der Waals surface area contributed by atoms with Crippen LogP contribution in [0.5, 0.6) is 0 Å². The molecular formula is C12H9Cl2N5O3. The van der Waals surface area contributed by atoms with Crippen molar-refractivity contribution in [1.82, 2.24) is 20.6 Å². The quantitative estimate of drug-likeness (QED) is 0.552. The Morgan fingerprint density at radius 2 is 2.14 bits per heavy atom. The standard InChI is InChI=1S/C12H9Cl2N5O3/c13-7-2-1-6(8(14)3-7)5-15-18-10(20)4-9-11(21)16-12(22)19-17-9/h1-3,5H,4H2,(H,18,20)(H2,16,19,21,22). The molecule has 1 heterocycles. The lowest BCUT2D eigenvalue weighted by molar-refractivity contribution is -0.120. The van der Waals surface area contributed by atoms with E-state index in [0.29, 0.717) is 15.6 Å². The van der Waals surface area contributed by atoms with Gasteiger partial charge >= 0.3 is 5.69 Å². The average molecular weight is 342 g/mol. The number of benzene rings is 1. The van der Waals surface area contributed by atoms with Crippen LogP contribution in [0.1, 0.15) is 11.3 Å². The maximum atomic E-state index is 11.6. The number of H-pyrrole nitrogens is 2. The molecule has 0 spiro atoms. The van der Waals surface area contributed by atoms with Gasteiger partial charge in [-0.05, 0) is 12.1 Å². The van der Waals surface area contributed by atoms with Crippen LogP contribution in [0.2, 0.25) is 10.0 Å². The van der Waals surface area contributed by atoms with Gasteiger partial charge < -0.3 is 0 Å². The van der Waals surface area contributed by atoms with Crippen LogP contribution in [-0.4, -0.2) is 27.3 Å². The highest BCUT2D eigenvalue weighted by molar-refractivity contribution is 6.36. The number of hydrogen-bond acceptors (Lipinski definition) is 5. The summed E-state index contributed by atoms with van der Waals surface area (Å²) in [4.78, 5) is 35.7. The van der Waals surface area contributed by atoms with E-state index in [9.17, 15) is 14.4 Å². The first-order valence-electron chi connectivity index (χ1n) is 5.90. The number of nitrogens with zero attached hydrogens (tertiary/aromatic N) is 2. The van der Waals surface area contributed by atoms with Gasteiger partial charge in [0.05, 0.1) is 17.7 Å². The summed E-state index contributed by atoms with van der Waals surface area (Å²) in [6.45, 7) is 0. The number of aromatic amines is 2. The van der Waals surface area contributed by atoms with Crippen molar-refractivity contribution in [3.63, 3.8) is 0 Å². The summed E-state index contributed by atoms with van der Waals surface area (Å²) in [7, 11) is 0. The van der Waals surface area contributed by atoms with Crippen molar-refractivity contribution in [1.29, 1.82) is 0 Å². The van der Waals surface area contributed by atoms with Crippen molar-refractivity contribution < 1.29 is 4.79 Å². The molecular weight excluding hydrogens is 333 g/mol. The maximum Gasteiger partial charge on any atom is 0.342 e. The van der Waals surface area contributed by atoms with Crippen LogP contribution in [-0.2, 0) is 11.2 Å². The van der Waals surface area contributed by atoms with Gasteiger partial charge in [0.2, 0.25) is 5.91 Å². The Morgan fingerprint density at radius 1 is 1.36 bits per heavy atom. The van der Waals surface area contributed by atoms with Crippen LogP contribution in [0.4, 0.5) is 0 Å². The van der Waals surface area contributed by atoms with Crippen LogP contribution in [0, 0.1) is 0 Å². The number of halogens is 2. The second kappa shape index (κ2) is 7.01. The Morgan fingerprint density at radius 3 is 2.82 bits per heavy atom. The van der Waals surface area contributed by atoms with Gasteiger partial charge in [-0.3, -0.25) is 14.6 Å². The third kappa shape index (κ3) is 4.27. The van der Waals surface area contributed by atoms with E-state index in [1.165, 1.54) is 12.3 Å². The molecule has 22 heavy (non-hydrogen) atoms. The Labute approximate surface area is 133 Å². The lowest BCUT2D eigenvalue weighted by Crippen LogP contribution is -2.31. The predicted molar refractivity (Wildman–Crippen MR) is 81.4 cm³/mol. The molecule has 0 aliphatic heterocycles. The minimum absolute atomic E-state index is 0.128. The number of hydrogen-bond donors (Lipinski definition) is 3. The smallest absolute Gasteiger partial charge is 0.273 e. The highest BCUT2D eigenvalue weighted by atomic mass is 35.5. The van der Waals surface area contributed by atoms with Gasteiger partial charge in [0, 0.05) is 10.6 Å². The minimum atomic E-state index is -0.746. The van der Waals surface area contributed by atoms with Gasteiger partial charge in [-0.1, -0.05) is 29.3 Å². The molecule has 0 fully saturated rings. The zero-order chi connectivity index (χ0) is 16.1. The third-order valence-corrected chi connectivity index (χ3v) is 3.03. The molecule has 0 saturated carbocycles. The predicted octanol–water partition coefficient (Wildman–Crippen LogP) is 0.458. The van der Waals surface area contributed by atoms with Gasteiger partial charge in [-0.25, -0.2) is 15.3 Å². The minimum Gasteiger partial charge on any atom is -0.273 e. The fraction of sp³-hybridized carbons (Fsp3) is 0.0833. The molecule has 2 aromatic rings. The largest absolute Gasteiger partial charge is 0.342 e. The summed E-state index contributed by atoms with van der Waals surface area (Å²) in [6, 6.07) is 4.80. The van der Waals surface area contributed by atoms with Crippen LogP contribution >= 0.6 is 23.2 Å². The number of aromatic nitrogens is 3. The molecule has 0 saturated heterocycles. The van der Waals surface area contributed by atoms with Crippen molar-refractivity contribution in [3.8, 4) is 0 Å². The summed E-state index contributed by atoms with van der Waals surface area (Å²) in [6.07, 6.45) is 0.999. The Kier molecular flexibility index (Phi) is 5.08. The summed E-state index contributed by atoms with van der Waals surface area (Å²) >= 11 is 11.7. The topological polar surface area (TPSA) is 120 Å². The van der Waals surface area contributed by atoms with E-state index >= 15 is 0 Å². The number of hydrazone groups is 1. The Hall–Kier alpha value is -2.45. The molecule has 1 amide bonds. The van der Waals surface area contributed by atoms with Gasteiger partial charge in [0.25, 0.3) is 5.56 Å². The van der Waals surface area contributed by atoms with E-state index in [1.807, 2.05) is 10.1 Å². The van der Waals surface area contributed by atoms with Gasteiger partial charge in [-0.15, -0.1) is 0 Å². The van der Waals surface area contributed by atoms with E-state index in [4.69, 9.17) is 23.2 Å². The number of carbonyl (C=O) groups is 1. The first-order valence-corrected chi connectivity index (χ1v) is 6.66. The summed E-state index contributed by atoms with van der Waals surface area (Å²) < 4.78 is 0. The number of nitrogens with one attached hydrogen (secondary N) is 3. The van der Waals surface area contributed by atoms with E-state index in [0.717, 1.165) is 0 Å². The van der Waals surface area contributed by atoms with Gasteiger partial charge in [0.15, 0.2) is 0 Å². The van der Waals surface area contributed by atoms with Crippen molar-refractivity contribution in [3.05, 3.63) is 60.3 Å². The first-order chi connectivity index (χ1) is 10.5. The fourth-order valence-corrected chi connectivity index (χ4v) is 1.92. The number of carbonyl (C=O) groups excluding carboxylic acids is 1. The molecule has 10 heteroatoms. The van der Waals surface area contributed by atoms with E-state index in [2.05, 4.69) is 15.6 Å². The van der Waals surface area contributed by atoms with Crippen molar-refractivity contribution in [2.75, 3.05) is 0 Å². The molecule has 2 rings (SSSR count). The van der Waals surface area contributed by atoms with Gasteiger partial charge in [-0.2, -0.15) is 10.2 Å². The molecule has 0 atom stereocenters. The molecule has 3 N–H and O–H groups in total. The van der Waals surface area contributed by atoms with E-state index in [-0.39, 0.29) is 12.1 Å². The molecule has 8 nitrogen and oxygen atoms in total. The highest BCUT2D eigenvalue weighted by Crippen LogP contribution is 2.19. The monoisotopic (exact) mass is 341 g/mol. The van der Waals surface area contributed by atoms with Crippen molar-refractivity contribution >= 4 is 35.3 Å². The Bertz CT molecular complexity index is 843. The number of rotatable bonds is 4. The third-order valence-electron chi connectivity index (χ3n) is 2.46. The SMILES string of the molecule is O=C(Cc1n[nH]c(=O)[nH]c1=O)NN=Cc1ccc(Cl)cc1Cl. The molecule has 1 aromatic heterocycles. The summed E-state index contributed by atoms with van der Waals surface area (Å²) in [5.74, 6) is -0.577. The first kappa shape index (κ1) is 15.9. The summed E-state index contributed by atoms with van der Waals surface area (Å²) in [5, 5.41) is 10.1. The summed E-state index contributed by atoms with van der Waals surface area (Å²) in [5.41, 5.74) is 1.17. The molecule has 0 radical (unpaired) electrons.